The lowest BCUT2D eigenvalue weighted by Gasteiger charge is -2.34. The highest BCUT2D eigenvalue weighted by atomic mass is 15.2. The van der Waals surface area contributed by atoms with Gasteiger partial charge in [-0.25, -0.2) is 9.97 Å². The summed E-state index contributed by atoms with van der Waals surface area (Å²) in [6.07, 6.45) is 1.86. The van der Waals surface area contributed by atoms with E-state index in [9.17, 15) is 0 Å². The molecule has 1 aromatic heterocycles. The standard InChI is InChI=1S/C19H21N5/c1-23-9-11-24(12-10-23)17-7-4-6-16(13-17)21-19-20-14-15-5-2-3-8-18(15)22-19/h2-8,13-14H,9-12H2,1H3,(H,20,21,22). The molecular weight excluding hydrogens is 298 g/mol. The molecule has 122 valence electrons. The number of nitrogens with zero attached hydrogens (tertiary/aromatic N) is 4. The van der Waals surface area contributed by atoms with Crippen molar-refractivity contribution < 1.29 is 0 Å². The fourth-order valence-electron chi connectivity index (χ4n) is 3.01. The maximum absolute atomic E-state index is 4.58. The molecule has 5 heteroatoms. The van der Waals surface area contributed by atoms with Crippen LogP contribution in [0.15, 0.2) is 54.7 Å². The lowest BCUT2D eigenvalue weighted by Crippen LogP contribution is -2.44. The number of rotatable bonds is 3. The number of nitrogens with one attached hydrogen (secondary N) is 1. The van der Waals surface area contributed by atoms with Crippen LogP contribution in [0.5, 0.6) is 0 Å². The number of piperazine rings is 1. The second-order valence-electron chi connectivity index (χ2n) is 6.22. The Bertz CT molecular complexity index is 840. The zero-order valence-corrected chi connectivity index (χ0v) is 13.8. The average Bonchev–Trinajstić information content (AvgIpc) is 2.62. The molecule has 1 N–H and O–H groups in total. The van der Waals surface area contributed by atoms with Crippen molar-refractivity contribution in [1.29, 1.82) is 0 Å². The van der Waals surface area contributed by atoms with Gasteiger partial charge in [0.25, 0.3) is 0 Å². The van der Waals surface area contributed by atoms with Crippen molar-refractivity contribution in [2.75, 3.05) is 43.4 Å². The van der Waals surface area contributed by atoms with Crippen LogP contribution >= 0.6 is 0 Å². The number of hydrogen-bond acceptors (Lipinski definition) is 5. The summed E-state index contributed by atoms with van der Waals surface area (Å²) in [5.74, 6) is 0.629. The molecule has 0 amide bonds. The summed E-state index contributed by atoms with van der Waals surface area (Å²) in [6, 6.07) is 16.5. The Morgan fingerprint density at radius 3 is 2.67 bits per heavy atom. The van der Waals surface area contributed by atoms with Crippen LogP contribution in [0.2, 0.25) is 0 Å². The fraction of sp³-hybridized carbons (Fsp3) is 0.263. The Morgan fingerprint density at radius 1 is 0.958 bits per heavy atom. The summed E-state index contributed by atoms with van der Waals surface area (Å²) in [5, 5.41) is 4.38. The molecule has 0 atom stereocenters. The highest BCUT2D eigenvalue weighted by Crippen LogP contribution is 2.23. The van der Waals surface area contributed by atoms with Crippen LogP contribution < -0.4 is 10.2 Å². The second-order valence-corrected chi connectivity index (χ2v) is 6.22. The summed E-state index contributed by atoms with van der Waals surface area (Å²) in [7, 11) is 2.17. The van der Waals surface area contributed by atoms with Gasteiger partial charge in [-0.2, -0.15) is 0 Å². The molecule has 0 aliphatic carbocycles. The summed E-state index contributed by atoms with van der Waals surface area (Å²) >= 11 is 0. The van der Waals surface area contributed by atoms with Crippen LogP contribution in [-0.4, -0.2) is 48.1 Å². The van der Waals surface area contributed by atoms with Gasteiger partial charge < -0.3 is 15.1 Å². The lowest BCUT2D eigenvalue weighted by molar-refractivity contribution is 0.313. The third-order valence-corrected chi connectivity index (χ3v) is 4.46. The molecule has 24 heavy (non-hydrogen) atoms. The van der Waals surface area contributed by atoms with E-state index < -0.39 is 0 Å². The zero-order chi connectivity index (χ0) is 16.4. The number of hydrogen-bond donors (Lipinski definition) is 1. The van der Waals surface area contributed by atoms with E-state index >= 15 is 0 Å². The van der Waals surface area contributed by atoms with Gasteiger partial charge in [-0.05, 0) is 31.3 Å². The summed E-state index contributed by atoms with van der Waals surface area (Å²) < 4.78 is 0. The van der Waals surface area contributed by atoms with E-state index in [-0.39, 0.29) is 0 Å². The van der Waals surface area contributed by atoms with Crippen LogP contribution in [0, 0.1) is 0 Å². The molecule has 2 heterocycles. The van der Waals surface area contributed by atoms with Crippen molar-refractivity contribution in [3.05, 3.63) is 54.7 Å². The van der Waals surface area contributed by atoms with Gasteiger partial charge in [-0.1, -0.05) is 24.3 Å². The topological polar surface area (TPSA) is 44.3 Å². The minimum atomic E-state index is 0.629. The van der Waals surface area contributed by atoms with Gasteiger partial charge in [0.1, 0.15) is 0 Å². The number of likely N-dealkylation sites (N-methyl/N-ethyl adjacent to an activating group) is 1. The lowest BCUT2D eigenvalue weighted by atomic mass is 10.2. The molecule has 1 aliphatic heterocycles. The number of para-hydroxylation sites is 1. The first-order chi connectivity index (χ1) is 11.8. The van der Waals surface area contributed by atoms with Gasteiger partial charge in [0.2, 0.25) is 5.95 Å². The molecule has 1 aliphatic rings. The largest absolute Gasteiger partial charge is 0.369 e. The highest BCUT2D eigenvalue weighted by molar-refractivity contribution is 5.79. The van der Waals surface area contributed by atoms with E-state index in [0.717, 1.165) is 42.8 Å². The van der Waals surface area contributed by atoms with Gasteiger partial charge in [-0.3, -0.25) is 0 Å². The number of anilines is 3. The fourth-order valence-corrected chi connectivity index (χ4v) is 3.01. The van der Waals surface area contributed by atoms with E-state index in [1.165, 1.54) is 5.69 Å². The molecule has 2 aromatic carbocycles. The summed E-state index contributed by atoms with van der Waals surface area (Å²) in [4.78, 5) is 13.8. The van der Waals surface area contributed by atoms with E-state index in [1.807, 2.05) is 30.5 Å². The highest BCUT2D eigenvalue weighted by Gasteiger charge is 2.14. The second kappa shape index (κ2) is 6.45. The number of aromatic nitrogens is 2. The third kappa shape index (κ3) is 3.16. The van der Waals surface area contributed by atoms with Gasteiger partial charge in [-0.15, -0.1) is 0 Å². The molecule has 0 unspecified atom stereocenters. The molecular formula is C19H21N5. The number of fused-ring (bicyclic) bond motifs is 1. The SMILES string of the molecule is CN1CCN(c2cccc(Nc3ncc4ccccc4n3)c2)CC1. The summed E-state index contributed by atoms with van der Waals surface area (Å²) in [5.41, 5.74) is 3.21. The molecule has 0 radical (unpaired) electrons. The minimum Gasteiger partial charge on any atom is -0.369 e. The Morgan fingerprint density at radius 2 is 1.79 bits per heavy atom. The third-order valence-electron chi connectivity index (χ3n) is 4.46. The van der Waals surface area contributed by atoms with Gasteiger partial charge in [0, 0.05) is 49.1 Å². The minimum absolute atomic E-state index is 0.629. The van der Waals surface area contributed by atoms with Crippen LogP contribution in [-0.2, 0) is 0 Å². The van der Waals surface area contributed by atoms with Crippen molar-refractivity contribution in [2.24, 2.45) is 0 Å². The van der Waals surface area contributed by atoms with Crippen molar-refractivity contribution in [2.45, 2.75) is 0 Å². The molecule has 0 bridgehead atoms. The van der Waals surface area contributed by atoms with Crippen LogP contribution in [0.1, 0.15) is 0 Å². The quantitative estimate of drug-likeness (QED) is 0.803. The van der Waals surface area contributed by atoms with Crippen LogP contribution in [0.3, 0.4) is 0 Å². The van der Waals surface area contributed by atoms with E-state index in [4.69, 9.17) is 0 Å². The van der Waals surface area contributed by atoms with Crippen molar-refractivity contribution in [1.82, 2.24) is 14.9 Å². The zero-order valence-electron chi connectivity index (χ0n) is 13.8. The van der Waals surface area contributed by atoms with Gasteiger partial charge in [0.15, 0.2) is 0 Å². The van der Waals surface area contributed by atoms with E-state index in [2.05, 4.69) is 56.4 Å². The molecule has 0 saturated carbocycles. The molecule has 0 spiro atoms. The Kier molecular flexibility index (Phi) is 4.01. The van der Waals surface area contributed by atoms with Crippen molar-refractivity contribution in [3.8, 4) is 0 Å². The van der Waals surface area contributed by atoms with Crippen LogP contribution in [0.25, 0.3) is 10.9 Å². The monoisotopic (exact) mass is 319 g/mol. The van der Waals surface area contributed by atoms with Crippen molar-refractivity contribution in [3.63, 3.8) is 0 Å². The predicted molar refractivity (Wildman–Crippen MR) is 99.0 cm³/mol. The summed E-state index contributed by atoms with van der Waals surface area (Å²) in [6.45, 7) is 4.33. The van der Waals surface area contributed by atoms with Crippen molar-refractivity contribution >= 4 is 28.2 Å². The smallest absolute Gasteiger partial charge is 0.227 e. The Hall–Kier alpha value is -2.66. The first-order valence-electron chi connectivity index (χ1n) is 8.30. The van der Waals surface area contributed by atoms with Gasteiger partial charge in [0.05, 0.1) is 5.52 Å². The maximum Gasteiger partial charge on any atom is 0.227 e. The molecule has 4 rings (SSSR count). The molecule has 3 aromatic rings. The molecule has 1 saturated heterocycles. The first-order valence-corrected chi connectivity index (χ1v) is 8.30. The molecule has 1 fully saturated rings. The first kappa shape index (κ1) is 14.9. The number of benzene rings is 2. The van der Waals surface area contributed by atoms with E-state index in [1.54, 1.807) is 0 Å². The molecule has 5 nitrogen and oxygen atoms in total. The van der Waals surface area contributed by atoms with E-state index in [0.29, 0.717) is 5.95 Å². The Labute approximate surface area is 141 Å². The van der Waals surface area contributed by atoms with Crippen LogP contribution in [0.4, 0.5) is 17.3 Å². The Balaban J connectivity index is 1.54. The average molecular weight is 319 g/mol. The normalized spacial score (nSPS) is 15.6. The van der Waals surface area contributed by atoms with Gasteiger partial charge >= 0.3 is 0 Å². The predicted octanol–water partition coefficient (Wildman–Crippen LogP) is 3.13. The maximum atomic E-state index is 4.58.